The minimum atomic E-state index is -0.475. The van der Waals surface area contributed by atoms with E-state index >= 15 is 0 Å². The fraction of sp³-hybridized carbons (Fsp3) is 0.182. The molecule has 4 rings (SSSR count). The molecule has 0 saturated heterocycles. The molecule has 31 heavy (non-hydrogen) atoms. The van der Waals surface area contributed by atoms with E-state index in [0.717, 1.165) is 5.56 Å². The van der Waals surface area contributed by atoms with Crippen LogP contribution in [0.5, 0.6) is 11.5 Å². The molecule has 2 heterocycles. The molecule has 4 aromatic rings. The second-order valence-electron chi connectivity index (χ2n) is 6.56. The van der Waals surface area contributed by atoms with Crippen molar-refractivity contribution in [2.24, 2.45) is 0 Å². The summed E-state index contributed by atoms with van der Waals surface area (Å²) >= 11 is 0. The summed E-state index contributed by atoms with van der Waals surface area (Å²) in [6, 6.07) is 14.3. The first-order chi connectivity index (χ1) is 15.2. The van der Waals surface area contributed by atoms with Crippen LogP contribution < -0.4 is 9.47 Å². The van der Waals surface area contributed by atoms with Crippen LogP contribution in [0, 0.1) is 0 Å². The number of methoxy groups -OCH3 is 2. The maximum Gasteiger partial charge on any atom is 0.338 e. The van der Waals surface area contributed by atoms with Crippen LogP contribution in [0.3, 0.4) is 0 Å². The van der Waals surface area contributed by atoms with Gasteiger partial charge in [-0.3, -0.25) is 4.68 Å². The van der Waals surface area contributed by atoms with E-state index in [-0.39, 0.29) is 12.5 Å². The number of rotatable bonds is 8. The zero-order valence-electron chi connectivity index (χ0n) is 17.0. The van der Waals surface area contributed by atoms with Gasteiger partial charge in [-0.25, -0.2) is 4.79 Å². The molecule has 0 aliphatic rings. The van der Waals surface area contributed by atoms with Gasteiger partial charge in [-0.05, 0) is 42.0 Å². The maximum absolute atomic E-state index is 12.3. The first-order valence-electron chi connectivity index (χ1n) is 9.44. The first-order valence-corrected chi connectivity index (χ1v) is 9.44. The zero-order valence-corrected chi connectivity index (χ0v) is 17.0. The average Bonchev–Trinajstić information content (AvgIpc) is 3.50. The van der Waals surface area contributed by atoms with Crippen LogP contribution in [0.1, 0.15) is 21.8 Å². The van der Waals surface area contributed by atoms with Crippen molar-refractivity contribution < 1.29 is 23.5 Å². The number of hydrogen-bond donors (Lipinski definition) is 0. The number of benzene rings is 2. The summed E-state index contributed by atoms with van der Waals surface area (Å²) in [4.78, 5) is 16.6. The molecule has 0 spiro atoms. The quantitative estimate of drug-likeness (QED) is 0.400. The van der Waals surface area contributed by atoms with Crippen molar-refractivity contribution >= 4 is 5.97 Å². The summed E-state index contributed by atoms with van der Waals surface area (Å²) in [6.07, 6.45) is 3.60. The fourth-order valence-corrected chi connectivity index (χ4v) is 2.94. The van der Waals surface area contributed by atoms with Gasteiger partial charge in [0.1, 0.15) is 0 Å². The van der Waals surface area contributed by atoms with Gasteiger partial charge >= 0.3 is 5.97 Å². The molecule has 0 bridgehead atoms. The highest BCUT2D eigenvalue weighted by molar-refractivity contribution is 5.89. The van der Waals surface area contributed by atoms with Gasteiger partial charge in [0.05, 0.1) is 26.3 Å². The number of ether oxygens (including phenoxy) is 3. The Labute approximate surface area is 178 Å². The number of carbonyl (C=O) groups excluding carboxylic acids is 1. The van der Waals surface area contributed by atoms with E-state index in [9.17, 15) is 4.79 Å². The number of carbonyl (C=O) groups is 1. The van der Waals surface area contributed by atoms with Crippen LogP contribution in [0.2, 0.25) is 0 Å². The Hall–Kier alpha value is -4.14. The van der Waals surface area contributed by atoms with Crippen molar-refractivity contribution in [1.82, 2.24) is 19.9 Å². The van der Waals surface area contributed by atoms with Gasteiger partial charge in [-0.15, -0.1) is 0 Å². The van der Waals surface area contributed by atoms with Crippen molar-refractivity contribution in [3.05, 3.63) is 77.9 Å². The number of nitrogens with zero attached hydrogens (tertiary/aromatic N) is 4. The summed E-state index contributed by atoms with van der Waals surface area (Å²) in [5.41, 5.74) is 2.15. The van der Waals surface area contributed by atoms with E-state index < -0.39 is 5.97 Å². The van der Waals surface area contributed by atoms with Crippen molar-refractivity contribution in [3.63, 3.8) is 0 Å². The Kier molecular flexibility index (Phi) is 5.93. The van der Waals surface area contributed by atoms with Gasteiger partial charge < -0.3 is 18.7 Å². The highest BCUT2D eigenvalue weighted by Gasteiger charge is 2.14. The molecule has 0 aliphatic heterocycles. The van der Waals surface area contributed by atoms with Gasteiger partial charge in [0, 0.05) is 18.0 Å². The van der Waals surface area contributed by atoms with Gasteiger partial charge in [-0.2, -0.15) is 10.1 Å². The summed E-state index contributed by atoms with van der Waals surface area (Å²) < 4.78 is 22.8. The molecule has 0 fully saturated rings. The largest absolute Gasteiger partial charge is 0.493 e. The van der Waals surface area contributed by atoms with Crippen LogP contribution >= 0.6 is 0 Å². The Morgan fingerprint density at radius 2 is 1.87 bits per heavy atom. The Morgan fingerprint density at radius 1 is 1.06 bits per heavy atom. The van der Waals surface area contributed by atoms with Crippen LogP contribution in [0.4, 0.5) is 0 Å². The lowest BCUT2D eigenvalue weighted by molar-refractivity contribution is 0.0430. The molecule has 0 unspecified atom stereocenters. The van der Waals surface area contributed by atoms with Gasteiger partial charge in [0.2, 0.25) is 5.82 Å². The lowest BCUT2D eigenvalue weighted by atomic mass is 10.1. The van der Waals surface area contributed by atoms with Gasteiger partial charge in [0.25, 0.3) is 5.89 Å². The van der Waals surface area contributed by atoms with E-state index in [2.05, 4.69) is 15.2 Å². The third-order valence-corrected chi connectivity index (χ3v) is 4.53. The molecule has 0 radical (unpaired) electrons. The SMILES string of the molecule is COc1ccc(-c2noc(COC(=O)c3ccc(Cn4cccn4)cc3)n2)cc1OC. The lowest BCUT2D eigenvalue weighted by Gasteiger charge is -2.07. The Bertz CT molecular complexity index is 1150. The first kappa shape index (κ1) is 20.1. The molecule has 0 amide bonds. The predicted molar refractivity (Wildman–Crippen MR) is 110 cm³/mol. The molecule has 0 aliphatic carbocycles. The normalized spacial score (nSPS) is 10.6. The topological polar surface area (TPSA) is 102 Å². The Morgan fingerprint density at radius 3 is 2.58 bits per heavy atom. The fourth-order valence-electron chi connectivity index (χ4n) is 2.94. The number of hydrogen-bond acceptors (Lipinski definition) is 8. The third-order valence-electron chi connectivity index (χ3n) is 4.53. The standard InChI is InChI=1S/C22H20N4O5/c1-28-18-9-8-17(12-19(18)29-2)21-24-20(31-25-21)14-30-22(27)16-6-4-15(5-7-16)13-26-11-3-10-23-26/h3-12H,13-14H2,1-2H3. The zero-order chi connectivity index (χ0) is 21.6. The summed E-state index contributed by atoms with van der Waals surface area (Å²) in [6.45, 7) is 0.497. The molecule has 2 aromatic carbocycles. The van der Waals surface area contributed by atoms with Crippen molar-refractivity contribution in [3.8, 4) is 22.9 Å². The second kappa shape index (κ2) is 9.12. The van der Waals surface area contributed by atoms with E-state index in [0.29, 0.717) is 35.0 Å². The molecule has 0 saturated carbocycles. The molecular formula is C22H20N4O5. The molecular weight excluding hydrogens is 400 g/mol. The van der Waals surface area contributed by atoms with Crippen LogP contribution in [-0.2, 0) is 17.9 Å². The van der Waals surface area contributed by atoms with E-state index in [1.54, 1.807) is 55.4 Å². The third kappa shape index (κ3) is 4.72. The Balaban J connectivity index is 1.36. The van der Waals surface area contributed by atoms with Crippen molar-refractivity contribution in [1.29, 1.82) is 0 Å². The molecule has 9 nitrogen and oxygen atoms in total. The van der Waals surface area contributed by atoms with E-state index in [1.807, 2.05) is 24.4 Å². The van der Waals surface area contributed by atoms with E-state index in [4.69, 9.17) is 18.7 Å². The molecule has 0 N–H and O–H groups in total. The minimum absolute atomic E-state index is 0.131. The molecule has 0 atom stereocenters. The van der Waals surface area contributed by atoms with Crippen LogP contribution in [-0.4, -0.2) is 40.1 Å². The molecule has 9 heteroatoms. The maximum atomic E-state index is 12.3. The minimum Gasteiger partial charge on any atom is -0.493 e. The van der Waals surface area contributed by atoms with Gasteiger partial charge in [-0.1, -0.05) is 17.3 Å². The predicted octanol–water partition coefficient (Wildman–Crippen LogP) is 3.36. The summed E-state index contributed by atoms with van der Waals surface area (Å²) in [7, 11) is 3.11. The number of esters is 1. The summed E-state index contributed by atoms with van der Waals surface area (Å²) in [5, 5.41) is 8.10. The van der Waals surface area contributed by atoms with Crippen molar-refractivity contribution in [2.75, 3.05) is 14.2 Å². The highest BCUT2D eigenvalue weighted by Crippen LogP contribution is 2.31. The highest BCUT2D eigenvalue weighted by atomic mass is 16.6. The lowest BCUT2D eigenvalue weighted by Crippen LogP contribution is -2.06. The monoisotopic (exact) mass is 420 g/mol. The smallest absolute Gasteiger partial charge is 0.338 e. The second-order valence-corrected chi connectivity index (χ2v) is 6.56. The number of aromatic nitrogens is 4. The van der Waals surface area contributed by atoms with Crippen molar-refractivity contribution in [2.45, 2.75) is 13.2 Å². The molecule has 158 valence electrons. The molecule has 2 aromatic heterocycles. The van der Waals surface area contributed by atoms with Crippen LogP contribution in [0.25, 0.3) is 11.4 Å². The van der Waals surface area contributed by atoms with Gasteiger partial charge in [0.15, 0.2) is 18.1 Å². The van der Waals surface area contributed by atoms with Crippen LogP contribution in [0.15, 0.2) is 65.4 Å². The van der Waals surface area contributed by atoms with E-state index in [1.165, 1.54) is 0 Å². The average molecular weight is 420 g/mol. The summed E-state index contributed by atoms with van der Waals surface area (Å²) in [5.74, 6) is 1.22.